The zero-order valence-corrected chi connectivity index (χ0v) is 13.2. The molecule has 0 saturated carbocycles. The Morgan fingerprint density at radius 1 is 1.24 bits per heavy atom. The molecule has 2 nitrogen and oxygen atoms in total. The predicted molar refractivity (Wildman–Crippen MR) is 81.8 cm³/mol. The Hall–Kier alpha value is -0.720. The molecule has 0 saturated heterocycles. The molecule has 0 aliphatic rings. The molecule has 1 unspecified atom stereocenters. The van der Waals surface area contributed by atoms with Crippen LogP contribution in [0.4, 0.5) is 13.2 Å². The molecule has 1 rings (SSSR count). The number of halogens is 3. The predicted octanol–water partition coefficient (Wildman–Crippen LogP) is 3.96. The number of benzene rings is 1. The first kappa shape index (κ1) is 18.3. The number of methoxy groups -OCH3 is 1. The number of ether oxygens (including phenoxy) is 1. The number of aryl methyl sites for hydroxylation is 1. The largest absolute Gasteiger partial charge is 0.441 e. The van der Waals surface area contributed by atoms with Crippen LogP contribution in [0.3, 0.4) is 0 Å². The van der Waals surface area contributed by atoms with Crippen molar-refractivity contribution in [2.24, 2.45) is 0 Å². The van der Waals surface area contributed by atoms with Gasteiger partial charge in [-0.1, -0.05) is 41.6 Å². The maximum absolute atomic E-state index is 12.2. The van der Waals surface area contributed by atoms with Crippen LogP contribution in [0.15, 0.2) is 24.3 Å². The molecule has 6 heteroatoms. The molecule has 0 amide bonds. The Balaban J connectivity index is 2.54. The van der Waals surface area contributed by atoms with Crippen molar-refractivity contribution in [3.05, 3.63) is 35.4 Å². The minimum absolute atomic E-state index is 0.0510. The van der Waals surface area contributed by atoms with Gasteiger partial charge >= 0.3 is 5.51 Å². The zero-order chi connectivity index (χ0) is 15.7. The van der Waals surface area contributed by atoms with E-state index in [1.165, 1.54) is 0 Å². The maximum atomic E-state index is 12.2. The second-order valence-electron chi connectivity index (χ2n) is 4.89. The van der Waals surface area contributed by atoms with Crippen molar-refractivity contribution in [1.29, 1.82) is 0 Å². The first-order valence-electron chi connectivity index (χ1n) is 6.89. The summed E-state index contributed by atoms with van der Waals surface area (Å²) in [5.74, 6) is 0.158. The first-order valence-corrected chi connectivity index (χ1v) is 7.88. The van der Waals surface area contributed by atoms with Crippen molar-refractivity contribution in [2.45, 2.75) is 24.8 Å². The van der Waals surface area contributed by atoms with Crippen molar-refractivity contribution in [3.8, 4) is 0 Å². The molecule has 0 aliphatic carbocycles. The number of thioether (sulfide) groups is 1. The van der Waals surface area contributed by atoms with E-state index in [2.05, 4.69) is 5.32 Å². The summed E-state index contributed by atoms with van der Waals surface area (Å²) in [6, 6.07) is 7.98. The number of nitrogens with one attached hydrogen (secondary N) is 1. The van der Waals surface area contributed by atoms with Gasteiger partial charge in [0.2, 0.25) is 0 Å². The minimum Gasteiger partial charge on any atom is -0.383 e. The quantitative estimate of drug-likeness (QED) is 0.696. The van der Waals surface area contributed by atoms with Crippen LogP contribution in [0.1, 0.15) is 23.5 Å². The lowest BCUT2D eigenvalue weighted by Gasteiger charge is -2.18. The third-order valence-electron chi connectivity index (χ3n) is 3.15. The highest BCUT2D eigenvalue weighted by Crippen LogP contribution is 2.32. The van der Waals surface area contributed by atoms with Gasteiger partial charge in [-0.25, -0.2) is 0 Å². The Morgan fingerprint density at radius 2 is 1.90 bits per heavy atom. The third-order valence-corrected chi connectivity index (χ3v) is 3.92. The highest BCUT2D eigenvalue weighted by atomic mass is 32.2. The van der Waals surface area contributed by atoms with Gasteiger partial charge in [0.15, 0.2) is 0 Å². The monoisotopic (exact) mass is 321 g/mol. The van der Waals surface area contributed by atoms with Crippen LogP contribution in [0.25, 0.3) is 0 Å². The van der Waals surface area contributed by atoms with Gasteiger partial charge in [-0.15, -0.1) is 0 Å². The van der Waals surface area contributed by atoms with Crippen LogP contribution < -0.4 is 5.32 Å². The summed E-state index contributed by atoms with van der Waals surface area (Å²) in [6.07, 6.45) is 0.493. The van der Waals surface area contributed by atoms with Crippen LogP contribution in [-0.4, -0.2) is 38.1 Å². The van der Waals surface area contributed by atoms with Crippen molar-refractivity contribution >= 4 is 11.8 Å². The Kier molecular flexibility index (Phi) is 8.14. The summed E-state index contributed by atoms with van der Waals surface area (Å²) >= 11 is 0.0510. The zero-order valence-electron chi connectivity index (χ0n) is 12.4. The third kappa shape index (κ3) is 8.34. The van der Waals surface area contributed by atoms with Gasteiger partial charge < -0.3 is 10.1 Å². The minimum atomic E-state index is -4.15. The van der Waals surface area contributed by atoms with Crippen molar-refractivity contribution < 1.29 is 17.9 Å². The van der Waals surface area contributed by atoms with Gasteiger partial charge in [-0.2, -0.15) is 13.2 Å². The summed E-state index contributed by atoms with van der Waals surface area (Å²) < 4.78 is 41.7. The Morgan fingerprint density at radius 3 is 2.48 bits per heavy atom. The molecular weight excluding hydrogens is 299 g/mol. The first-order chi connectivity index (χ1) is 9.92. The number of hydrogen-bond acceptors (Lipinski definition) is 3. The van der Waals surface area contributed by atoms with Gasteiger partial charge in [0, 0.05) is 26.0 Å². The fourth-order valence-corrected chi connectivity index (χ4v) is 2.63. The van der Waals surface area contributed by atoms with E-state index in [9.17, 15) is 13.2 Å². The fourth-order valence-electron chi connectivity index (χ4n) is 1.99. The van der Waals surface area contributed by atoms with E-state index in [-0.39, 0.29) is 23.4 Å². The molecular formula is C15H22F3NOS. The van der Waals surface area contributed by atoms with E-state index >= 15 is 0 Å². The SMILES string of the molecule is COCCNCC(CCSC(F)(F)F)c1ccc(C)cc1. The van der Waals surface area contributed by atoms with Crippen LogP contribution >= 0.6 is 11.8 Å². The van der Waals surface area contributed by atoms with Crippen LogP contribution in [0.2, 0.25) is 0 Å². The lowest BCUT2D eigenvalue weighted by Crippen LogP contribution is -2.25. The van der Waals surface area contributed by atoms with Crippen LogP contribution in [-0.2, 0) is 4.74 Å². The molecule has 1 atom stereocenters. The normalized spacial score (nSPS) is 13.4. The molecule has 0 spiro atoms. The van der Waals surface area contributed by atoms with Crippen LogP contribution in [0.5, 0.6) is 0 Å². The lowest BCUT2D eigenvalue weighted by atomic mass is 9.95. The van der Waals surface area contributed by atoms with E-state index < -0.39 is 5.51 Å². The molecule has 0 fully saturated rings. The Bertz CT molecular complexity index is 395. The molecule has 1 aromatic carbocycles. The van der Waals surface area contributed by atoms with Crippen molar-refractivity contribution in [3.63, 3.8) is 0 Å². The second kappa shape index (κ2) is 9.33. The average molecular weight is 321 g/mol. The van der Waals surface area contributed by atoms with Gasteiger partial charge in [-0.05, 0) is 24.8 Å². The fraction of sp³-hybridized carbons (Fsp3) is 0.600. The molecule has 21 heavy (non-hydrogen) atoms. The molecule has 1 N–H and O–H groups in total. The summed E-state index contributed by atoms with van der Waals surface area (Å²) in [4.78, 5) is 0. The summed E-state index contributed by atoms with van der Waals surface area (Å²) in [5, 5.41) is 3.23. The van der Waals surface area contributed by atoms with E-state index in [0.717, 1.165) is 11.1 Å². The molecule has 0 bridgehead atoms. The Labute approximate surface area is 128 Å². The van der Waals surface area contributed by atoms with E-state index in [1.54, 1.807) is 7.11 Å². The number of hydrogen-bond donors (Lipinski definition) is 1. The topological polar surface area (TPSA) is 21.3 Å². The van der Waals surface area contributed by atoms with Crippen molar-refractivity contribution in [2.75, 3.05) is 32.6 Å². The van der Waals surface area contributed by atoms with E-state index in [0.29, 0.717) is 26.1 Å². The highest BCUT2D eigenvalue weighted by Gasteiger charge is 2.28. The molecule has 0 aromatic heterocycles. The average Bonchev–Trinajstić information content (AvgIpc) is 2.41. The van der Waals surface area contributed by atoms with E-state index in [4.69, 9.17) is 4.74 Å². The summed E-state index contributed by atoms with van der Waals surface area (Å²) in [6.45, 7) is 3.95. The molecule has 0 aliphatic heterocycles. The maximum Gasteiger partial charge on any atom is 0.441 e. The molecule has 1 aromatic rings. The van der Waals surface area contributed by atoms with Gasteiger partial charge in [0.05, 0.1) is 6.61 Å². The number of alkyl halides is 3. The summed E-state index contributed by atoms with van der Waals surface area (Å²) in [5.41, 5.74) is -1.93. The van der Waals surface area contributed by atoms with Gasteiger partial charge in [0.1, 0.15) is 0 Å². The van der Waals surface area contributed by atoms with Crippen molar-refractivity contribution in [1.82, 2.24) is 5.32 Å². The standard InChI is InChI=1S/C15H22F3NOS/c1-12-3-5-13(6-4-12)14(11-19-8-9-20-2)7-10-21-15(16,17)18/h3-6,14,19H,7-11H2,1-2H3. The lowest BCUT2D eigenvalue weighted by molar-refractivity contribution is -0.0328. The molecule has 120 valence electrons. The van der Waals surface area contributed by atoms with Gasteiger partial charge in [0.25, 0.3) is 0 Å². The molecule has 0 heterocycles. The second-order valence-corrected chi connectivity index (χ2v) is 6.05. The highest BCUT2D eigenvalue weighted by molar-refractivity contribution is 8.00. The van der Waals surface area contributed by atoms with Gasteiger partial charge in [-0.3, -0.25) is 0 Å². The van der Waals surface area contributed by atoms with Crippen LogP contribution in [0, 0.1) is 6.92 Å². The smallest absolute Gasteiger partial charge is 0.383 e. The number of rotatable bonds is 9. The van der Waals surface area contributed by atoms with E-state index in [1.807, 2.05) is 31.2 Å². The molecule has 0 radical (unpaired) electrons. The summed E-state index contributed by atoms with van der Waals surface area (Å²) in [7, 11) is 1.62.